The second kappa shape index (κ2) is 6.62. The molecular weight excluding hydrogens is 256 g/mol. The molecule has 2 aromatic rings. The lowest BCUT2D eigenvalue weighted by atomic mass is 9.98. The Kier molecular flexibility index (Phi) is 4.85. The van der Waals surface area contributed by atoms with Gasteiger partial charge in [-0.3, -0.25) is 0 Å². The van der Waals surface area contributed by atoms with E-state index in [9.17, 15) is 8.78 Å². The number of likely N-dealkylation sites (N-methyl/N-ethyl adjacent to an activating group) is 1. The van der Waals surface area contributed by atoms with Crippen LogP contribution in [0, 0.1) is 18.6 Å². The number of nitrogens with one attached hydrogen (secondary N) is 1. The van der Waals surface area contributed by atoms with Gasteiger partial charge in [-0.2, -0.15) is 0 Å². The number of benzene rings is 2. The number of aryl methyl sites for hydroxylation is 1. The Morgan fingerprint density at radius 1 is 1.05 bits per heavy atom. The Bertz CT molecular complexity index is 581. The summed E-state index contributed by atoms with van der Waals surface area (Å²) in [6.45, 7) is 2.05. The standard InChI is InChI=1S/C17H19F2N/c1-12-5-3-6-13(9-12)10-15(20-2)11-14-7-4-8-16(18)17(14)19/h3-9,15,20H,10-11H2,1-2H3. The zero-order chi connectivity index (χ0) is 14.5. The molecule has 106 valence electrons. The Morgan fingerprint density at radius 2 is 1.80 bits per heavy atom. The van der Waals surface area contributed by atoms with Gasteiger partial charge in [0.25, 0.3) is 0 Å². The molecule has 0 amide bonds. The van der Waals surface area contributed by atoms with Gasteiger partial charge in [-0.1, -0.05) is 42.0 Å². The first-order valence-electron chi connectivity index (χ1n) is 6.76. The predicted molar refractivity (Wildman–Crippen MR) is 77.8 cm³/mol. The van der Waals surface area contributed by atoms with Gasteiger partial charge in [0.2, 0.25) is 0 Å². The molecule has 2 aromatic carbocycles. The summed E-state index contributed by atoms with van der Waals surface area (Å²) in [7, 11) is 1.84. The van der Waals surface area contributed by atoms with Gasteiger partial charge in [0.05, 0.1) is 0 Å². The maximum atomic E-state index is 13.7. The molecule has 0 heterocycles. The molecule has 20 heavy (non-hydrogen) atoms. The smallest absolute Gasteiger partial charge is 0.162 e. The summed E-state index contributed by atoms with van der Waals surface area (Å²) in [5.41, 5.74) is 2.81. The Morgan fingerprint density at radius 3 is 2.50 bits per heavy atom. The maximum Gasteiger partial charge on any atom is 0.162 e. The summed E-state index contributed by atoms with van der Waals surface area (Å²) < 4.78 is 26.9. The molecule has 0 saturated heterocycles. The van der Waals surface area contributed by atoms with Crippen molar-refractivity contribution in [2.75, 3.05) is 7.05 Å². The van der Waals surface area contributed by atoms with Crippen LogP contribution in [0.25, 0.3) is 0 Å². The van der Waals surface area contributed by atoms with Crippen molar-refractivity contribution in [2.24, 2.45) is 0 Å². The molecule has 1 N–H and O–H groups in total. The van der Waals surface area contributed by atoms with Crippen LogP contribution in [0.15, 0.2) is 42.5 Å². The van der Waals surface area contributed by atoms with E-state index in [0.29, 0.717) is 12.0 Å². The van der Waals surface area contributed by atoms with Crippen LogP contribution in [-0.4, -0.2) is 13.1 Å². The van der Waals surface area contributed by atoms with Gasteiger partial charge in [0.15, 0.2) is 11.6 Å². The molecule has 3 heteroatoms. The summed E-state index contributed by atoms with van der Waals surface area (Å²) >= 11 is 0. The van der Waals surface area contributed by atoms with Crippen molar-refractivity contribution in [2.45, 2.75) is 25.8 Å². The van der Waals surface area contributed by atoms with Crippen molar-refractivity contribution < 1.29 is 8.78 Å². The average molecular weight is 275 g/mol. The van der Waals surface area contributed by atoms with Crippen molar-refractivity contribution in [1.29, 1.82) is 0 Å². The van der Waals surface area contributed by atoms with Crippen LogP contribution in [0.3, 0.4) is 0 Å². The predicted octanol–water partition coefficient (Wildman–Crippen LogP) is 3.65. The van der Waals surface area contributed by atoms with Gasteiger partial charge >= 0.3 is 0 Å². The minimum atomic E-state index is -0.784. The molecule has 0 spiro atoms. The Hall–Kier alpha value is -1.74. The summed E-state index contributed by atoms with van der Waals surface area (Å²) in [5.74, 6) is -1.52. The topological polar surface area (TPSA) is 12.0 Å². The Labute approximate surface area is 118 Å². The molecule has 0 aromatic heterocycles. The fraction of sp³-hybridized carbons (Fsp3) is 0.294. The van der Waals surface area contributed by atoms with Gasteiger partial charge in [-0.15, -0.1) is 0 Å². The van der Waals surface area contributed by atoms with Gasteiger partial charge in [0, 0.05) is 6.04 Å². The van der Waals surface area contributed by atoms with Crippen LogP contribution in [0.2, 0.25) is 0 Å². The normalized spacial score (nSPS) is 12.4. The molecule has 0 radical (unpaired) electrons. The molecule has 1 nitrogen and oxygen atoms in total. The highest BCUT2D eigenvalue weighted by Gasteiger charge is 2.13. The highest BCUT2D eigenvalue weighted by molar-refractivity contribution is 5.24. The zero-order valence-corrected chi connectivity index (χ0v) is 11.8. The SMILES string of the molecule is CNC(Cc1cccc(C)c1)Cc1cccc(F)c1F. The minimum absolute atomic E-state index is 0.0769. The van der Waals surface area contributed by atoms with Crippen molar-refractivity contribution >= 4 is 0 Å². The number of rotatable bonds is 5. The number of hydrogen-bond acceptors (Lipinski definition) is 1. The first-order chi connectivity index (χ1) is 9.60. The molecule has 2 rings (SSSR count). The quantitative estimate of drug-likeness (QED) is 0.878. The van der Waals surface area contributed by atoms with E-state index in [2.05, 4.69) is 17.4 Å². The average Bonchev–Trinajstić information content (AvgIpc) is 2.43. The molecule has 1 unspecified atom stereocenters. The number of halogens is 2. The summed E-state index contributed by atoms with van der Waals surface area (Å²) in [5, 5.41) is 3.18. The third-order valence-corrected chi connectivity index (χ3v) is 3.47. The lowest BCUT2D eigenvalue weighted by Gasteiger charge is -2.17. The van der Waals surface area contributed by atoms with Gasteiger partial charge < -0.3 is 5.32 Å². The van der Waals surface area contributed by atoms with Crippen molar-refractivity contribution in [3.63, 3.8) is 0 Å². The van der Waals surface area contributed by atoms with E-state index in [1.54, 1.807) is 12.1 Å². The molecule has 0 saturated carbocycles. The highest BCUT2D eigenvalue weighted by atomic mass is 19.2. The van der Waals surface area contributed by atoms with E-state index in [0.717, 1.165) is 12.5 Å². The highest BCUT2D eigenvalue weighted by Crippen LogP contribution is 2.15. The second-order valence-corrected chi connectivity index (χ2v) is 5.10. The van der Waals surface area contributed by atoms with Crippen LogP contribution < -0.4 is 5.32 Å². The van der Waals surface area contributed by atoms with Gasteiger partial charge in [-0.25, -0.2) is 8.78 Å². The minimum Gasteiger partial charge on any atom is -0.316 e. The molecule has 0 aliphatic heterocycles. The van der Waals surface area contributed by atoms with Crippen LogP contribution in [0.1, 0.15) is 16.7 Å². The molecule has 0 aliphatic rings. The monoisotopic (exact) mass is 275 g/mol. The molecule has 0 bridgehead atoms. The fourth-order valence-corrected chi connectivity index (χ4v) is 2.37. The summed E-state index contributed by atoms with van der Waals surface area (Å²) in [4.78, 5) is 0. The third-order valence-electron chi connectivity index (χ3n) is 3.47. The van der Waals surface area contributed by atoms with Crippen molar-refractivity contribution in [3.8, 4) is 0 Å². The largest absolute Gasteiger partial charge is 0.316 e. The third kappa shape index (κ3) is 3.64. The van der Waals surface area contributed by atoms with Crippen LogP contribution in [0.4, 0.5) is 8.78 Å². The van der Waals surface area contributed by atoms with E-state index in [1.807, 2.05) is 26.1 Å². The van der Waals surface area contributed by atoms with E-state index in [-0.39, 0.29) is 6.04 Å². The second-order valence-electron chi connectivity index (χ2n) is 5.10. The van der Waals surface area contributed by atoms with Crippen LogP contribution >= 0.6 is 0 Å². The molecule has 0 fully saturated rings. The molecule has 0 aliphatic carbocycles. The zero-order valence-electron chi connectivity index (χ0n) is 11.8. The maximum absolute atomic E-state index is 13.7. The molecular formula is C17H19F2N. The van der Waals surface area contributed by atoms with Crippen LogP contribution in [0.5, 0.6) is 0 Å². The lowest BCUT2D eigenvalue weighted by molar-refractivity contribution is 0.482. The van der Waals surface area contributed by atoms with E-state index >= 15 is 0 Å². The first-order valence-corrected chi connectivity index (χ1v) is 6.76. The van der Waals surface area contributed by atoms with Crippen LogP contribution in [-0.2, 0) is 12.8 Å². The molecule has 1 atom stereocenters. The Balaban J connectivity index is 2.11. The van der Waals surface area contributed by atoms with E-state index in [4.69, 9.17) is 0 Å². The van der Waals surface area contributed by atoms with Gasteiger partial charge in [-0.05, 0) is 44.0 Å². The lowest BCUT2D eigenvalue weighted by Crippen LogP contribution is -2.30. The summed E-state index contributed by atoms with van der Waals surface area (Å²) in [6, 6.07) is 12.6. The summed E-state index contributed by atoms with van der Waals surface area (Å²) in [6.07, 6.45) is 1.25. The van der Waals surface area contributed by atoms with Gasteiger partial charge in [0.1, 0.15) is 0 Å². The first kappa shape index (κ1) is 14.7. The number of hydrogen-bond donors (Lipinski definition) is 1. The van der Waals surface area contributed by atoms with Crippen molar-refractivity contribution in [3.05, 3.63) is 70.8 Å². The fourth-order valence-electron chi connectivity index (χ4n) is 2.37. The van der Waals surface area contributed by atoms with E-state index in [1.165, 1.54) is 11.1 Å². The van der Waals surface area contributed by atoms with Crippen molar-refractivity contribution in [1.82, 2.24) is 5.32 Å². The van der Waals surface area contributed by atoms with E-state index < -0.39 is 11.6 Å².